The van der Waals surface area contributed by atoms with Gasteiger partial charge >= 0.3 is 0 Å². The summed E-state index contributed by atoms with van der Waals surface area (Å²) in [7, 11) is 0. The van der Waals surface area contributed by atoms with Gasteiger partial charge in [0.05, 0.1) is 0 Å². The van der Waals surface area contributed by atoms with Crippen molar-refractivity contribution in [3.05, 3.63) is 11.6 Å². The minimum Gasteiger partial charge on any atom is -0.297 e. The fraction of sp³-hybridized carbons (Fsp3) is 0.833. The fourth-order valence-electron chi connectivity index (χ4n) is 1.50. The summed E-state index contributed by atoms with van der Waals surface area (Å²) in [4.78, 5) is 2.52. The first-order valence-corrected chi connectivity index (χ1v) is 5.60. The van der Waals surface area contributed by atoms with Crippen LogP contribution >= 0.6 is 0 Å². The second-order valence-corrected chi connectivity index (χ2v) is 3.74. The number of hydrogen-bond acceptors (Lipinski definition) is 1. The standard InChI is InChI=1S/C10H19N.C2H6/c1-9(2)11-7-4-5-10(3)6-8-11;1-2/h6,9H,4-5,7-8H2,1-3H3;1-2H3. The quantitative estimate of drug-likeness (QED) is 0.563. The Kier molecular flexibility index (Phi) is 6.97. The molecule has 0 aliphatic carbocycles. The van der Waals surface area contributed by atoms with E-state index in [0.29, 0.717) is 6.04 Å². The van der Waals surface area contributed by atoms with E-state index in [0.717, 1.165) is 6.54 Å². The van der Waals surface area contributed by atoms with Crippen LogP contribution in [0.4, 0.5) is 0 Å². The van der Waals surface area contributed by atoms with Gasteiger partial charge in [-0.3, -0.25) is 4.90 Å². The second-order valence-electron chi connectivity index (χ2n) is 3.74. The molecule has 0 aromatic rings. The average Bonchev–Trinajstić information content (AvgIpc) is 2.33. The van der Waals surface area contributed by atoms with Crippen LogP contribution in [-0.4, -0.2) is 24.0 Å². The van der Waals surface area contributed by atoms with Gasteiger partial charge in [-0.25, -0.2) is 0 Å². The molecule has 1 heteroatoms. The SMILES string of the molecule is CC.CC1=CCN(C(C)C)CCC1. The molecule has 0 fully saturated rings. The molecule has 0 spiro atoms. The van der Waals surface area contributed by atoms with E-state index in [1.165, 1.54) is 19.4 Å². The van der Waals surface area contributed by atoms with Crippen LogP contribution in [0.5, 0.6) is 0 Å². The summed E-state index contributed by atoms with van der Waals surface area (Å²) in [5, 5.41) is 0. The normalized spacial score (nSPS) is 18.8. The topological polar surface area (TPSA) is 3.24 Å². The lowest BCUT2D eigenvalue weighted by Crippen LogP contribution is -2.31. The first-order chi connectivity index (χ1) is 6.20. The van der Waals surface area contributed by atoms with Crippen LogP contribution in [-0.2, 0) is 0 Å². The number of rotatable bonds is 1. The zero-order valence-electron chi connectivity index (χ0n) is 9.93. The summed E-state index contributed by atoms with van der Waals surface area (Å²) < 4.78 is 0. The van der Waals surface area contributed by atoms with Gasteiger partial charge in [0.15, 0.2) is 0 Å². The molecule has 0 saturated carbocycles. The van der Waals surface area contributed by atoms with Crippen molar-refractivity contribution in [1.29, 1.82) is 0 Å². The largest absolute Gasteiger partial charge is 0.297 e. The maximum Gasteiger partial charge on any atom is 0.0168 e. The molecule has 0 amide bonds. The molecule has 0 aromatic carbocycles. The number of allylic oxidation sites excluding steroid dienone is 1. The van der Waals surface area contributed by atoms with Crippen LogP contribution in [0.1, 0.15) is 47.5 Å². The molecule has 1 nitrogen and oxygen atoms in total. The Bertz CT molecular complexity index is 147. The van der Waals surface area contributed by atoms with E-state index in [1.54, 1.807) is 5.57 Å². The second kappa shape index (κ2) is 7.14. The monoisotopic (exact) mass is 183 g/mol. The molecule has 1 rings (SSSR count). The van der Waals surface area contributed by atoms with Crippen molar-refractivity contribution in [2.45, 2.75) is 53.5 Å². The summed E-state index contributed by atoms with van der Waals surface area (Å²) >= 11 is 0. The van der Waals surface area contributed by atoms with Gasteiger partial charge in [0.1, 0.15) is 0 Å². The molecule has 0 atom stereocenters. The van der Waals surface area contributed by atoms with Gasteiger partial charge in [-0.05, 0) is 40.2 Å². The average molecular weight is 183 g/mol. The Morgan fingerprint density at radius 1 is 1.31 bits per heavy atom. The van der Waals surface area contributed by atoms with Crippen molar-refractivity contribution < 1.29 is 0 Å². The Morgan fingerprint density at radius 3 is 2.46 bits per heavy atom. The van der Waals surface area contributed by atoms with E-state index in [9.17, 15) is 0 Å². The highest BCUT2D eigenvalue weighted by molar-refractivity contribution is 5.01. The van der Waals surface area contributed by atoms with Crippen LogP contribution < -0.4 is 0 Å². The first kappa shape index (κ1) is 12.7. The zero-order valence-corrected chi connectivity index (χ0v) is 9.93. The van der Waals surface area contributed by atoms with E-state index < -0.39 is 0 Å². The van der Waals surface area contributed by atoms with Gasteiger partial charge in [-0.15, -0.1) is 0 Å². The molecule has 0 radical (unpaired) electrons. The molecule has 78 valence electrons. The summed E-state index contributed by atoms with van der Waals surface area (Å²) in [5.41, 5.74) is 1.56. The van der Waals surface area contributed by atoms with E-state index in [-0.39, 0.29) is 0 Å². The minimum absolute atomic E-state index is 0.706. The lowest BCUT2D eigenvalue weighted by molar-refractivity contribution is 0.248. The van der Waals surface area contributed by atoms with Crippen molar-refractivity contribution in [2.75, 3.05) is 13.1 Å². The van der Waals surface area contributed by atoms with Crippen LogP contribution in [0, 0.1) is 0 Å². The summed E-state index contributed by atoms with van der Waals surface area (Å²) in [6.07, 6.45) is 5.00. The van der Waals surface area contributed by atoms with Crippen LogP contribution in [0.3, 0.4) is 0 Å². The van der Waals surface area contributed by atoms with Crippen molar-refractivity contribution in [3.63, 3.8) is 0 Å². The third-order valence-electron chi connectivity index (χ3n) is 2.42. The molecular weight excluding hydrogens is 158 g/mol. The van der Waals surface area contributed by atoms with Crippen LogP contribution in [0.15, 0.2) is 11.6 Å². The van der Waals surface area contributed by atoms with Crippen molar-refractivity contribution in [1.82, 2.24) is 4.90 Å². The molecule has 1 aliphatic rings. The third kappa shape index (κ3) is 5.09. The van der Waals surface area contributed by atoms with Gasteiger partial charge in [-0.2, -0.15) is 0 Å². The Labute approximate surface area is 83.8 Å². The lowest BCUT2D eigenvalue weighted by Gasteiger charge is -2.23. The van der Waals surface area contributed by atoms with Crippen molar-refractivity contribution in [2.24, 2.45) is 0 Å². The van der Waals surface area contributed by atoms with Gasteiger partial charge in [0.2, 0.25) is 0 Å². The summed E-state index contributed by atoms with van der Waals surface area (Å²) in [5.74, 6) is 0. The maximum absolute atomic E-state index is 2.52. The first-order valence-electron chi connectivity index (χ1n) is 5.60. The van der Waals surface area contributed by atoms with Gasteiger partial charge in [0, 0.05) is 12.6 Å². The van der Waals surface area contributed by atoms with Crippen LogP contribution in [0.25, 0.3) is 0 Å². The molecule has 13 heavy (non-hydrogen) atoms. The lowest BCUT2D eigenvalue weighted by atomic mass is 10.2. The third-order valence-corrected chi connectivity index (χ3v) is 2.42. The highest BCUT2D eigenvalue weighted by Gasteiger charge is 2.09. The molecule has 0 aromatic heterocycles. The van der Waals surface area contributed by atoms with Crippen molar-refractivity contribution >= 4 is 0 Å². The molecule has 1 heterocycles. The van der Waals surface area contributed by atoms with E-state index >= 15 is 0 Å². The Hall–Kier alpha value is -0.300. The minimum atomic E-state index is 0.706. The number of hydrogen-bond donors (Lipinski definition) is 0. The van der Waals surface area contributed by atoms with Crippen LogP contribution in [0.2, 0.25) is 0 Å². The van der Waals surface area contributed by atoms with E-state index in [1.807, 2.05) is 13.8 Å². The predicted molar refractivity (Wildman–Crippen MR) is 61.0 cm³/mol. The fourth-order valence-corrected chi connectivity index (χ4v) is 1.50. The van der Waals surface area contributed by atoms with Crippen molar-refractivity contribution in [3.8, 4) is 0 Å². The number of nitrogens with zero attached hydrogens (tertiary/aromatic N) is 1. The molecule has 1 aliphatic heterocycles. The van der Waals surface area contributed by atoms with E-state index in [2.05, 4.69) is 31.7 Å². The molecule has 0 unspecified atom stereocenters. The zero-order chi connectivity index (χ0) is 10.3. The molecule has 0 bridgehead atoms. The van der Waals surface area contributed by atoms with Gasteiger partial charge in [-0.1, -0.05) is 25.5 Å². The highest BCUT2D eigenvalue weighted by atomic mass is 15.1. The van der Waals surface area contributed by atoms with Gasteiger partial charge in [0.25, 0.3) is 0 Å². The highest BCUT2D eigenvalue weighted by Crippen LogP contribution is 2.12. The predicted octanol–water partition coefficient (Wildman–Crippen LogP) is 3.46. The molecule has 0 saturated heterocycles. The van der Waals surface area contributed by atoms with Gasteiger partial charge < -0.3 is 0 Å². The molecular formula is C12H25N. The summed E-state index contributed by atoms with van der Waals surface area (Å²) in [6, 6.07) is 0.706. The Balaban J connectivity index is 0.000000671. The van der Waals surface area contributed by atoms with E-state index in [4.69, 9.17) is 0 Å². The molecule has 0 N–H and O–H groups in total. The Morgan fingerprint density at radius 2 is 1.92 bits per heavy atom. The maximum atomic E-state index is 2.52. The smallest absolute Gasteiger partial charge is 0.0168 e. The summed E-state index contributed by atoms with van der Waals surface area (Å²) in [6.45, 7) is 13.2.